The lowest BCUT2D eigenvalue weighted by atomic mass is 10.2. The van der Waals surface area contributed by atoms with Crippen molar-refractivity contribution in [3.05, 3.63) is 0 Å². The molecule has 0 aromatic rings. The van der Waals surface area contributed by atoms with Gasteiger partial charge < -0.3 is 5.11 Å². The van der Waals surface area contributed by atoms with E-state index in [2.05, 4.69) is 22.5 Å². The van der Waals surface area contributed by atoms with Gasteiger partial charge in [-0.2, -0.15) is 0 Å². The molecule has 0 spiro atoms. The first-order chi connectivity index (χ1) is 5.99. The fraction of sp³-hybridized carbons (Fsp3) is 1.00. The molecule has 0 aromatic carbocycles. The van der Waals surface area contributed by atoms with Crippen LogP contribution in [-0.2, 0) is 0 Å². The van der Waals surface area contributed by atoms with Crippen molar-refractivity contribution in [2.75, 3.05) is 21.1 Å². The molecule has 3 N–H and O–H groups in total. The van der Waals surface area contributed by atoms with Crippen LogP contribution < -0.4 is 10.6 Å². The van der Waals surface area contributed by atoms with E-state index >= 15 is 0 Å². The Morgan fingerprint density at radius 2 is 1.92 bits per heavy atom. The standard InChI is InChI=1S/C9H23N3O/c1-6-8(12(4)5)11-9(13,7-2)10-3/h8,10-11,13H,6-7H2,1-5H3. The molecular formula is C9H23N3O. The number of rotatable bonds is 6. The van der Waals surface area contributed by atoms with Crippen LogP contribution in [0.15, 0.2) is 0 Å². The third-order valence-electron chi connectivity index (χ3n) is 2.34. The molecule has 0 aliphatic heterocycles. The van der Waals surface area contributed by atoms with Gasteiger partial charge in [0.1, 0.15) is 0 Å². The van der Waals surface area contributed by atoms with Gasteiger partial charge >= 0.3 is 0 Å². The molecule has 4 heteroatoms. The SMILES string of the molecule is CCC(NC(O)(CC)NC)N(C)C. The van der Waals surface area contributed by atoms with Crippen LogP contribution >= 0.6 is 0 Å². The molecule has 0 aliphatic carbocycles. The summed E-state index contributed by atoms with van der Waals surface area (Å²) in [5.41, 5.74) is 0. The Hall–Kier alpha value is -0.160. The van der Waals surface area contributed by atoms with E-state index in [0.717, 1.165) is 6.42 Å². The highest BCUT2D eigenvalue weighted by atomic mass is 16.3. The third-order valence-corrected chi connectivity index (χ3v) is 2.34. The molecule has 0 saturated heterocycles. The van der Waals surface area contributed by atoms with Crippen LogP contribution in [0.5, 0.6) is 0 Å². The summed E-state index contributed by atoms with van der Waals surface area (Å²) in [6.07, 6.45) is 1.78. The molecule has 0 amide bonds. The van der Waals surface area contributed by atoms with Gasteiger partial charge in [-0.15, -0.1) is 0 Å². The van der Waals surface area contributed by atoms with Crippen LogP contribution in [0.2, 0.25) is 0 Å². The fourth-order valence-corrected chi connectivity index (χ4v) is 1.22. The van der Waals surface area contributed by atoms with E-state index < -0.39 is 5.85 Å². The van der Waals surface area contributed by atoms with Gasteiger partial charge in [-0.3, -0.25) is 15.5 Å². The lowest BCUT2D eigenvalue weighted by molar-refractivity contribution is -0.0515. The van der Waals surface area contributed by atoms with E-state index in [1.165, 1.54) is 0 Å². The smallest absolute Gasteiger partial charge is 0.172 e. The van der Waals surface area contributed by atoms with E-state index in [4.69, 9.17) is 0 Å². The maximum atomic E-state index is 9.93. The largest absolute Gasteiger partial charge is 0.363 e. The van der Waals surface area contributed by atoms with Crippen molar-refractivity contribution in [3.8, 4) is 0 Å². The lowest BCUT2D eigenvalue weighted by Crippen LogP contribution is -2.61. The highest BCUT2D eigenvalue weighted by Gasteiger charge is 2.25. The van der Waals surface area contributed by atoms with E-state index in [1.54, 1.807) is 7.05 Å². The molecule has 0 aliphatic rings. The molecule has 0 saturated carbocycles. The van der Waals surface area contributed by atoms with E-state index in [-0.39, 0.29) is 6.17 Å². The Bertz CT molecular complexity index is 135. The summed E-state index contributed by atoms with van der Waals surface area (Å²) in [7, 11) is 5.73. The second-order valence-corrected chi connectivity index (χ2v) is 3.50. The van der Waals surface area contributed by atoms with E-state index in [1.807, 2.05) is 21.0 Å². The average molecular weight is 189 g/mol. The van der Waals surface area contributed by atoms with Crippen LogP contribution in [0, 0.1) is 0 Å². The molecule has 2 atom stereocenters. The summed E-state index contributed by atoms with van der Waals surface area (Å²) in [6.45, 7) is 4.02. The van der Waals surface area contributed by atoms with Crippen LogP contribution in [0.3, 0.4) is 0 Å². The van der Waals surface area contributed by atoms with Gasteiger partial charge in [0.25, 0.3) is 0 Å². The number of aliphatic hydroxyl groups is 1. The first kappa shape index (κ1) is 12.8. The van der Waals surface area contributed by atoms with Crippen molar-refractivity contribution in [1.29, 1.82) is 0 Å². The van der Waals surface area contributed by atoms with Crippen LogP contribution in [0.25, 0.3) is 0 Å². The number of hydrogen-bond acceptors (Lipinski definition) is 4. The molecule has 0 radical (unpaired) electrons. The van der Waals surface area contributed by atoms with Crippen molar-refractivity contribution >= 4 is 0 Å². The van der Waals surface area contributed by atoms with Crippen molar-refractivity contribution in [3.63, 3.8) is 0 Å². The van der Waals surface area contributed by atoms with E-state index in [0.29, 0.717) is 6.42 Å². The minimum absolute atomic E-state index is 0.192. The topological polar surface area (TPSA) is 47.5 Å². The first-order valence-electron chi connectivity index (χ1n) is 4.84. The molecule has 13 heavy (non-hydrogen) atoms. The van der Waals surface area contributed by atoms with Gasteiger partial charge in [0.2, 0.25) is 0 Å². The number of hydrogen-bond donors (Lipinski definition) is 3. The fourth-order valence-electron chi connectivity index (χ4n) is 1.22. The minimum atomic E-state index is -0.953. The summed E-state index contributed by atoms with van der Waals surface area (Å²) < 4.78 is 0. The minimum Gasteiger partial charge on any atom is -0.363 e. The zero-order chi connectivity index (χ0) is 10.5. The molecular weight excluding hydrogens is 166 g/mol. The first-order valence-corrected chi connectivity index (χ1v) is 4.84. The molecule has 4 nitrogen and oxygen atoms in total. The quantitative estimate of drug-likeness (QED) is 0.521. The van der Waals surface area contributed by atoms with Crippen LogP contribution in [0.1, 0.15) is 26.7 Å². The predicted octanol–water partition coefficient (Wildman–Crippen LogP) is 0.149. The van der Waals surface area contributed by atoms with Gasteiger partial charge in [0.15, 0.2) is 5.85 Å². The summed E-state index contributed by atoms with van der Waals surface area (Å²) in [6, 6.07) is 0. The summed E-state index contributed by atoms with van der Waals surface area (Å²) in [5.74, 6) is -0.953. The van der Waals surface area contributed by atoms with Crippen LogP contribution in [-0.4, -0.2) is 43.2 Å². The van der Waals surface area contributed by atoms with Crippen molar-refractivity contribution in [2.24, 2.45) is 0 Å². The monoisotopic (exact) mass is 189 g/mol. The molecule has 0 heterocycles. The summed E-state index contributed by atoms with van der Waals surface area (Å²) in [4.78, 5) is 2.05. The molecule has 0 aromatic heterocycles. The second kappa shape index (κ2) is 5.54. The Morgan fingerprint density at radius 1 is 1.38 bits per heavy atom. The van der Waals surface area contributed by atoms with Gasteiger partial charge in [0.05, 0.1) is 6.17 Å². The predicted molar refractivity (Wildman–Crippen MR) is 55.2 cm³/mol. The number of nitrogens with zero attached hydrogens (tertiary/aromatic N) is 1. The van der Waals surface area contributed by atoms with Crippen LogP contribution in [0.4, 0.5) is 0 Å². The molecule has 0 rings (SSSR count). The van der Waals surface area contributed by atoms with Gasteiger partial charge in [0, 0.05) is 6.42 Å². The Balaban J connectivity index is 4.19. The Labute approximate surface area is 81.3 Å². The number of nitrogens with one attached hydrogen (secondary N) is 2. The highest BCUT2D eigenvalue weighted by molar-refractivity contribution is 4.74. The zero-order valence-electron chi connectivity index (χ0n) is 9.39. The van der Waals surface area contributed by atoms with Crippen molar-refractivity contribution in [1.82, 2.24) is 15.5 Å². The molecule has 0 fully saturated rings. The van der Waals surface area contributed by atoms with Gasteiger partial charge in [-0.1, -0.05) is 13.8 Å². The average Bonchev–Trinajstić information content (AvgIpc) is 2.13. The van der Waals surface area contributed by atoms with Crippen molar-refractivity contribution < 1.29 is 5.11 Å². The zero-order valence-corrected chi connectivity index (χ0v) is 9.39. The lowest BCUT2D eigenvalue weighted by Gasteiger charge is -2.35. The molecule has 80 valence electrons. The van der Waals surface area contributed by atoms with Gasteiger partial charge in [-0.05, 0) is 27.6 Å². The summed E-state index contributed by atoms with van der Waals surface area (Å²) >= 11 is 0. The summed E-state index contributed by atoms with van der Waals surface area (Å²) in [5, 5.41) is 15.9. The van der Waals surface area contributed by atoms with E-state index in [9.17, 15) is 5.11 Å². The Kier molecular flexibility index (Phi) is 5.48. The Morgan fingerprint density at radius 3 is 2.15 bits per heavy atom. The molecule has 0 bridgehead atoms. The third kappa shape index (κ3) is 4.04. The second-order valence-electron chi connectivity index (χ2n) is 3.50. The maximum Gasteiger partial charge on any atom is 0.172 e. The van der Waals surface area contributed by atoms with Gasteiger partial charge in [-0.25, -0.2) is 0 Å². The maximum absolute atomic E-state index is 9.93. The van der Waals surface area contributed by atoms with Crippen molar-refractivity contribution in [2.45, 2.75) is 38.7 Å². The highest BCUT2D eigenvalue weighted by Crippen LogP contribution is 2.05. The molecule has 2 unspecified atom stereocenters. The normalized spacial score (nSPS) is 18.7.